The highest BCUT2D eigenvalue weighted by molar-refractivity contribution is 6.73. The molecule has 0 bridgehead atoms. The maximum Gasteiger partial charge on any atom is 0.194 e. The van der Waals surface area contributed by atoms with Gasteiger partial charge in [0.25, 0.3) is 0 Å². The molecule has 2 aromatic rings. The highest BCUT2D eigenvalue weighted by atomic mass is 28.4. The molecule has 0 radical (unpaired) electrons. The Morgan fingerprint density at radius 3 is 1.78 bits per heavy atom. The van der Waals surface area contributed by atoms with Gasteiger partial charge in [-0.1, -0.05) is 107 Å². The van der Waals surface area contributed by atoms with Crippen molar-refractivity contribution >= 4 is 14.4 Å². The number of rotatable bonds is 11. The van der Waals surface area contributed by atoms with Crippen LogP contribution < -0.4 is 0 Å². The Balaban J connectivity index is 2.41. The highest BCUT2D eigenvalue weighted by Gasteiger charge is 2.35. The lowest BCUT2D eigenvalue weighted by Crippen LogP contribution is -2.39. The van der Waals surface area contributed by atoms with Crippen LogP contribution in [-0.4, -0.2) is 8.32 Å². The molecule has 0 aromatic heterocycles. The summed E-state index contributed by atoms with van der Waals surface area (Å²) in [5.41, 5.74) is 3.82. The summed E-state index contributed by atoms with van der Waals surface area (Å²) in [7, 11) is -1.76. The lowest BCUT2D eigenvalue weighted by Gasteiger charge is -2.36. The van der Waals surface area contributed by atoms with Crippen LogP contribution in [0.4, 0.5) is 0 Å². The van der Waals surface area contributed by atoms with E-state index in [0.29, 0.717) is 0 Å². The fraction of sp³-hybridized carbons (Fsp3) is 0.440. The molecule has 0 saturated carbocycles. The highest BCUT2D eigenvalue weighted by Crippen LogP contribution is 2.37. The van der Waals surface area contributed by atoms with E-state index in [1.807, 2.05) is 0 Å². The maximum absolute atomic E-state index is 7.15. The van der Waals surface area contributed by atoms with Crippen molar-refractivity contribution in [1.29, 1.82) is 0 Å². The lowest BCUT2D eigenvalue weighted by atomic mass is 10.0. The summed E-state index contributed by atoms with van der Waals surface area (Å²) in [6.07, 6.45) is 6.00. The van der Waals surface area contributed by atoms with E-state index in [-0.39, 0.29) is 6.10 Å². The molecular formula is C25H36OSi. The molecule has 1 nitrogen and oxygen atoms in total. The zero-order valence-corrected chi connectivity index (χ0v) is 18.6. The molecule has 0 spiro atoms. The molecule has 0 N–H and O–H groups in total. The van der Waals surface area contributed by atoms with Crippen molar-refractivity contribution < 1.29 is 4.43 Å². The van der Waals surface area contributed by atoms with Crippen molar-refractivity contribution in [3.8, 4) is 0 Å². The molecule has 27 heavy (non-hydrogen) atoms. The minimum absolute atomic E-state index is 0.0581. The predicted octanol–water partition coefficient (Wildman–Crippen LogP) is 8.02. The minimum atomic E-state index is -1.76. The van der Waals surface area contributed by atoms with Crippen LogP contribution in [0.25, 0.3) is 6.08 Å². The van der Waals surface area contributed by atoms with Crippen molar-refractivity contribution in [2.75, 3.05) is 0 Å². The molecule has 0 heterocycles. The zero-order chi connectivity index (χ0) is 19.5. The average molecular weight is 381 g/mol. The minimum Gasteiger partial charge on any atom is -0.406 e. The van der Waals surface area contributed by atoms with Crippen LogP contribution in [-0.2, 0) is 4.43 Å². The molecule has 0 fully saturated rings. The molecule has 146 valence electrons. The van der Waals surface area contributed by atoms with Crippen LogP contribution in [0.1, 0.15) is 64.2 Å². The summed E-state index contributed by atoms with van der Waals surface area (Å²) in [6, 6.07) is 25.2. The fourth-order valence-corrected chi connectivity index (χ4v) is 8.77. The van der Waals surface area contributed by atoms with E-state index in [9.17, 15) is 0 Å². The summed E-state index contributed by atoms with van der Waals surface area (Å²) < 4.78 is 7.15. The van der Waals surface area contributed by atoms with Crippen molar-refractivity contribution in [1.82, 2.24) is 0 Å². The van der Waals surface area contributed by atoms with Gasteiger partial charge in [-0.15, -0.1) is 0 Å². The third kappa shape index (κ3) is 6.48. The number of benzene rings is 2. The van der Waals surface area contributed by atoms with Gasteiger partial charge in [0.05, 0.1) is 6.10 Å². The summed E-state index contributed by atoms with van der Waals surface area (Å²) in [5, 5.41) is 0. The van der Waals surface area contributed by atoms with Crippen LogP contribution in [0.5, 0.6) is 0 Å². The smallest absolute Gasteiger partial charge is 0.194 e. The van der Waals surface area contributed by atoms with Gasteiger partial charge in [-0.25, -0.2) is 0 Å². The van der Waals surface area contributed by atoms with Crippen molar-refractivity contribution in [3.63, 3.8) is 0 Å². The zero-order valence-electron chi connectivity index (χ0n) is 17.6. The van der Waals surface area contributed by atoms with Gasteiger partial charge in [-0.05, 0) is 41.8 Å². The molecule has 0 aliphatic heterocycles. The van der Waals surface area contributed by atoms with Gasteiger partial charge < -0.3 is 4.43 Å². The van der Waals surface area contributed by atoms with Crippen molar-refractivity contribution in [2.24, 2.45) is 0 Å². The molecular weight excluding hydrogens is 344 g/mol. The molecule has 0 amide bonds. The molecule has 0 saturated heterocycles. The Morgan fingerprint density at radius 1 is 0.815 bits per heavy atom. The summed E-state index contributed by atoms with van der Waals surface area (Å²) in [5.74, 6) is 0. The normalized spacial score (nSPS) is 13.6. The first-order chi connectivity index (χ1) is 13.1. The molecule has 1 unspecified atom stereocenters. The predicted molar refractivity (Wildman–Crippen MR) is 121 cm³/mol. The average Bonchev–Trinajstić information content (AvgIpc) is 2.68. The van der Waals surface area contributed by atoms with E-state index >= 15 is 0 Å². The summed E-state index contributed by atoms with van der Waals surface area (Å²) in [4.78, 5) is 0. The van der Waals surface area contributed by atoms with Gasteiger partial charge in [0.15, 0.2) is 8.32 Å². The first-order valence-corrected chi connectivity index (χ1v) is 13.1. The standard InChI is InChI=1S/C25H36OSi/c1-5-18-27(19-6-2,20-7-3)26-25(24-16-12-9-13-17-24)22(4)21-23-14-10-8-11-15-23/h8-17,21,25H,5-7,18-20H2,1-4H3/b22-21+. The van der Waals surface area contributed by atoms with E-state index < -0.39 is 8.32 Å². The molecule has 2 aromatic carbocycles. The molecule has 1 atom stereocenters. The summed E-state index contributed by atoms with van der Waals surface area (Å²) in [6.45, 7) is 9.15. The van der Waals surface area contributed by atoms with Crippen molar-refractivity contribution in [2.45, 2.75) is 71.2 Å². The van der Waals surface area contributed by atoms with Crippen LogP contribution in [0.15, 0.2) is 66.2 Å². The van der Waals surface area contributed by atoms with Gasteiger partial charge in [0, 0.05) is 0 Å². The Labute approximate surface area is 167 Å². The monoisotopic (exact) mass is 380 g/mol. The number of hydrogen-bond acceptors (Lipinski definition) is 1. The Kier molecular flexibility index (Phi) is 9.03. The Bertz CT molecular complexity index is 661. The van der Waals surface area contributed by atoms with Crippen LogP contribution in [0, 0.1) is 0 Å². The van der Waals surface area contributed by atoms with Crippen molar-refractivity contribution in [3.05, 3.63) is 77.4 Å². The second kappa shape index (κ2) is 11.3. The third-order valence-electron chi connectivity index (χ3n) is 5.19. The van der Waals surface area contributed by atoms with Crippen LogP contribution >= 0.6 is 0 Å². The number of hydrogen-bond donors (Lipinski definition) is 0. The SMILES string of the molecule is CCC[Si](CCC)(CCC)OC(/C(C)=C/c1ccccc1)c1ccccc1. The first-order valence-electron chi connectivity index (χ1n) is 10.6. The Morgan fingerprint density at radius 2 is 1.30 bits per heavy atom. The quantitative estimate of drug-likeness (QED) is 0.358. The fourth-order valence-electron chi connectivity index (χ4n) is 4.11. The van der Waals surface area contributed by atoms with Crippen LogP contribution in [0.3, 0.4) is 0 Å². The molecule has 0 aliphatic rings. The van der Waals surface area contributed by atoms with E-state index in [0.717, 1.165) is 0 Å². The lowest BCUT2D eigenvalue weighted by molar-refractivity contribution is 0.224. The topological polar surface area (TPSA) is 9.23 Å². The van der Waals surface area contributed by atoms with Gasteiger partial charge in [0.1, 0.15) is 0 Å². The van der Waals surface area contributed by atoms with Gasteiger partial charge in [-0.2, -0.15) is 0 Å². The maximum atomic E-state index is 7.15. The van der Waals surface area contributed by atoms with Gasteiger partial charge >= 0.3 is 0 Å². The molecule has 2 rings (SSSR count). The second-order valence-corrected chi connectivity index (χ2v) is 11.7. The van der Waals surface area contributed by atoms with E-state index in [2.05, 4.69) is 94.4 Å². The Hall–Kier alpha value is -1.64. The first kappa shape index (κ1) is 21.7. The third-order valence-corrected chi connectivity index (χ3v) is 10.2. The van der Waals surface area contributed by atoms with E-state index in [4.69, 9.17) is 4.43 Å². The van der Waals surface area contributed by atoms with E-state index in [1.165, 1.54) is 54.1 Å². The van der Waals surface area contributed by atoms with Gasteiger partial charge in [0.2, 0.25) is 0 Å². The second-order valence-electron chi connectivity index (χ2n) is 7.64. The molecule has 2 heteroatoms. The van der Waals surface area contributed by atoms with E-state index in [1.54, 1.807) is 0 Å². The largest absolute Gasteiger partial charge is 0.406 e. The van der Waals surface area contributed by atoms with Gasteiger partial charge in [-0.3, -0.25) is 0 Å². The van der Waals surface area contributed by atoms with Crippen LogP contribution in [0.2, 0.25) is 18.1 Å². The summed E-state index contributed by atoms with van der Waals surface area (Å²) >= 11 is 0. The molecule has 0 aliphatic carbocycles.